The summed E-state index contributed by atoms with van der Waals surface area (Å²) in [6.07, 6.45) is -1.26. The molecule has 0 saturated carbocycles. The summed E-state index contributed by atoms with van der Waals surface area (Å²) in [7, 11) is -3.54. The third kappa shape index (κ3) is 3.18. The molecule has 0 unspecified atom stereocenters. The van der Waals surface area contributed by atoms with E-state index < -0.39 is 16.1 Å². The van der Waals surface area contributed by atoms with Crippen LogP contribution in [0.5, 0.6) is 0 Å². The molecule has 0 spiro atoms. The van der Waals surface area contributed by atoms with Crippen LogP contribution < -0.4 is 5.11 Å². The Morgan fingerprint density at radius 1 is 1.11 bits per heavy atom. The minimum Gasteiger partial charge on any atom is -0.530 e. The fraction of sp³-hybridized carbons (Fsp3) is 0.364. The number of halogens is 1. The number of carboxylic acid groups (broad SMARTS) is 1. The predicted molar refractivity (Wildman–Crippen MR) is 74.9 cm³/mol. The van der Waals surface area contributed by atoms with Gasteiger partial charge in [-0.1, -0.05) is 0 Å². The molecule has 0 aliphatic carbocycles. The van der Waals surface area contributed by atoms with E-state index >= 15 is 0 Å². The van der Waals surface area contributed by atoms with Crippen molar-refractivity contribution in [3.63, 3.8) is 0 Å². The van der Waals surface area contributed by atoms with Gasteiger partial charge in [0, 0.05) is 29.7 Å². The molecule has 19 heavy (non-hydrogen) atoms. The van der Waals surface area contributed by atoms with E-state index in [2.05, 4.69) is 22.6 Å². The van der Waals surface area contributed by atoms with Crippen LogP contribution in [0.1, 0.15) is 0 Å². The summed E-state index contributed by atoms with van der Waals surface area (Å²) >= 11 is 2.10. The normalized spacial score (nSPS) is 17.4. The van der Waals surface area contributed by atoms with Gasteiger partial charge in [0.25, 0.3) is 0 Å². The quantitative estimate of drug-likeness (QED) is 0.658. The first kappa shape index (κ1) is 14.5. The van der Waals surface area contributed by atoms with E-state index in [1.165, 1.54) is 4.31 Å². The Hall–Kier alpha value is -0.870. The van der Waals surface area contributed by atoms with Gasteiger partial charge in [-0.25, -0.2) is 8.42 Å². The maximum atomic E-state index is 12.3. The second kappa shape index (κ2) is 5.63. The Bertz CT molecular complexity index is 565. The lowest BCUT2D eigenvalue weighted by atomic mass is 10.4. The molecular weight excluding hydrogens is 383 g/mol. The van der Waals surface area contributed by atoms with Crippen LogP contribution in [0.2, 0.25) is 0 Å². The average molecular weight is 395 g/mol. The highest BCUT2D eigenvalue weighted by Crippen LogP contribution is 2.18. The zero-order chi connectivity index (χ0) is 14.0. The molecule has 1 aromatic rings. The SMILES string of the molecule is O=C([O-])N1CCN(S(=O)(=O)c2ccc(I)cc2)CC1. The van der Waals surface area contributed by atoms with Gasteiger partial charge in [-0.3, -0.25) is 0 Å². The fourth-order valence-electron chi connectivity index (χ4n) is 1.87. The summed E-state index contributed by atoms with van der Waals surface area (Å²) in [6.45, 7) is 0.600. The Morgan fingerprint density at radius 3 is 2.11 bits per heavy atom. The number of amides is 1. The first-order chi connectivity index (χ1) is 8.91. The molecule has 8 heteroatoms. The smallest absolute Gasteiger partial charge is 0.243 e. The van der Waals surface area contributed by atoms with Gasteiger partial charge >= 0.3 is 0 Å². The molecule has 1 saturated heterocycles. The molecular formula is C11H12IN2O4S-. The lowest BCUT2D eigenvalue weighted by molar-refractivity contribution is -0.266. The Labute approximate surface area is 125 Å². The number of nitrogens with zero attached hydrogens (tertiary/aromatic N) is 2. The molecule has 0 bridgehead atoms. The van der Waals surface area contributed by atoms with Crippen molar-refractivity contribution in [2.75, 3.05) is 26.2 Å². The molecule has 1 aliphatic heterocycles. The van der Waals surface area contributed by atoms with Gasteiger partial charge in [-0.15, -0.1) is 0 Å². The first-order valence-corrected chi connectivity index (χ1v) is 8.15. The molecule has 104 valence electrons. The van der Waals surface area contributed by atoms with Gasteiger partial charge in [0.05, 0.1) is 4.90 Å². The minimum atomic E-state index is -3.54. The molecule has 1 fully saturated rings. The summed E-state index contributed by atoms with van der Waals surface area (Å²) in [5.74, 6) is 0. The Kier molecular flexibility index (Phi) is 4.31. The number of piperazine rings is 1. The first-order valence-electron chi connectivity index (χ1n) is 5.63. The number of rotatable bonds is 2. The van der Waals surface area contributed by atoms with Gasteiger partial charge in [0.1, 0.15) is 6.09 Å². The van der Waals surface area contributed by atoms with Crippen LogP contribution in [0.25, 0.3) is 0 Å². The third-order valence-corrected chi connectivity index (χ3v) is 5.58. The summed E-state index contributed by atoms with van der Waals surface area (Å²) in [6, 6.07) is 6.57. The highest BCUT2D eigenvalue weighted by atomic mass is 127. The second-order valence-electron chi connectivity index (χ2n) is 4.11. The van der Waals surface area contributed by atoms with Crippen LogP contribution in [0.3, 0.4) is 0 Å². The summed E-state index contributed by atoms with van der Waals surface area (Å²) in [5.41, 5.74) is 0. The molecule has 0 atom stereocenters. The number of carbonyl (C=O) groups is 1. The van der Waals surface area contributed by atoms with E-state index in [-0.39, 0.29) is 31.1 Å². The number of hydrogen-bond acceptors (Lipinski definition) is 4. The zero-order valence-corrected chi connectivity index (χ0v) is 12.9. The molecule has 2 rings (SSSR count). The van der Waals surface area contributed by atoms with Crippen molar-refractivity contribution in [2.45, 2.75) is 4.90 Å². The van der Waals surface area contributed by atoms with Crippen molar-refractivity contribution in [1.29, 1.82) is 0 Å². The van der Waals surface area contributed by atoms with Gasteiger partial charge in [0.15, 0.2) is 0 Å². The van der Waals surface area contributed by atoms with Crippen molar-refractivity contribution in [3.8, 4) is 0 Å². The predicted octanol–water partition coefficient (Wildman–Crippen LogP) is -0.0592. The highest BCUT2D eigenvalue weighted by Gasteiger charge is 2.28. The Balaban J connectivity index is 2.14. The lowest BCUT2D eigenvalue weighted by Crippen LogP contribution is -2.53. The van der Waals surface area contributed by atoms with E-state index in [1.807, 2.05) is 0 Å². The van der Waals surface area contributed by atoms with Crippen molar-refractivity contribution in [3.05, 3.63) is 27.8 Å². The minimum absolute atomic E-state index is 0.145. The maximum Gasteiger partial charge on any atom is 0.243 e. The fourth-order valence-corrected chi connectivity index (χ4v) is 3.65. The maximum absolute atomic E-state index is 12.3. The zero-order valence-electron chi connectivity index (χ0n) is 9.95. The molecule has 0 aromatic heterocycles. The summed E-state index contributed by atoms with van der Waals surface area (Å²) in [4.78, 5) is 12.0. The second-order valence-corrected chi connectivity index (χ2v) is 7.29. The average Bonchev–Trinajstić information content (AvgIpc) is 2.39. The van der Waals surface area contributed by atoms with E-state index in [0.717, 1.165) is 8.47 Å². The topological polar surface area (TPSA) is 80.8 Å². The van der Waals surface area contributed by atoms with Gasteiger partial charge in [0.2, 0.25) is 10.0 Å². The van der Waals surface area contributed by atoms with Crippen LogP contribution in [-0.4, -0.2) is 49.9 Å². The van der Waals surface area contributed by atoms with E-state index in [1.54, 1.807) is 24.3 Å². The molecule has 0 N–H and O–H groups in total. The number of carbonyl (C=O) groups excluding carboxylic acids is 1. The standard InChI is InChI=1S/C11H13IN2O4S/c12-9-1-3-10(4-2-9)19(17,18)14-7-5-13(6-8-14)11(15)16/h1-4H,5-8H2,(H,15,16)/p-1. The van der Waals surface area contributed by atoms with Gasteiger partial charge in [-0.2, -0.15) is 4.31 Å². The van der Waals surface area contributed by atoms with Crippen molar-refractivity contribution < 1.29 is 18.3 Å². The van der Waals surface area contributed by atoms with Crippen LogP contribution in [0, 0.1) is 3.57 Å². The Morgan fingerprint density at radius 2 is 1.63 bits per heavy atom. The molecule has 1 aliphatic rings. The molecule has 0 radical (unpaired) electrons. The highest BCUT2D eigenvalue weighted by molar-refractivity contribution is 14.1. The van der Waals surface area contributed by atoms with Gasteiger partial charge < -0.3 is 14.8 Å². The lowest BCUT2D eigenvalue weighted by Gasteiger charge is -2.35. The van der Waals surface area contributed by atoms with E-state index in [0.29, 0.717) is 0 Å². The summed E-state index contributed by atoms with van der Waals surface area (Å²) < 4.78 is 26.9. The van der Waals surface area contributed by atoms with E-state index in [4.69, 9.17) is 0 Å². The molecule has 6 nitrogen and oxygen atoms in total. The summed E-state index contributed by atoms with van der Waals surface area (Å²) in [5, 5.41) is 10.7. The monoisotopic (exact) mass is 395 g/mol. The molecule has 1 aromatic carbocycles. The van der Waals surface area contributed by atoms with E-state index in [9.17, 15) is 18.3 Å². The van der Waals surface area contributed by atoms with Crippen molar-refractivity contribution >= 4 is 38.7 Å². The third-order valence-electron chi connectivity index (χ3n) is 2.95. The number of sulfonamides is 1. The van der Waals surface area contributed by atoms with Crippen molar-refractivity contribution in [1.82, 2.24) is 9.21 Å². The van der Waals surface area contributed by atoms with Crippen LogP contribution in [-0.2, 0) is 10.0 Å². The van der Waals surface area contributed by atoms with Crippen LogP contribution in [0.4, 0.5) is 4.79 Å². The van der Waals surface area contributed by atoms with Gasteiger partial charge in [-0.05, 0) is 46.9 Å². The van der Waals surface area contributed by atoms with Crippen molar-refractivity contribution in [2.24, 2.45) is 0 Å². The van der Waals surface area contributed by atoms with Crippen LogP contribution in [0.15, 0.2) is 29.2 Å². The number of benzene rings is 1. The molecule has 1 heterocycles. The van der Waals surface area contributed by atoms with Crippen LogP contribution >= 0.6 is 22.6 Å². The number of hydrogen-bond donors (Lipinski definition) is 0. The largest absolute Gasteiger partial charge is 0.530 e. The molecule has 1 amide bonds.